The van der Waals surface area contributed by atoms with Crippen LogP contribution in [0.2, 0.25) is 5.02 Å². The average molecular weight is 629 g/mol. The van der Waals surface area contributed by atoms with Crippen LogP contribution < -0.4 is 9.64 Å². The number of aliphatic hydroxyl groups excluding tert-OH is 1. The molecule has 0 aromatic heterocycles. The monoisotopic (exact) mass is 628 g/mol. The summed E-state index contributed by atoms with van der Waals surface area (Å²) in [5, 5.41) is 18.0. The summed E-state index contributed by atoms with van der Waals surface area (Å²) < 4.78 is 12.5. The molecule has 1 fully saturated rings. The van der Waals surface area contributed by atoms with Crippen LogP contribution in [0.15, 0.2) is 48.6 Å². The van der Waals surface area contributed by atoms with E-state index in [1.54, 1.807) is 11.8 Å². The first-order chi connectivity index (χ1) is 21.1. The fourth-order valence-corrected chi connectivity index (χ4v) is 6.42. The highest BCUT2D eigenvalue weighted by Gasteiger charge is 2.39. The van der Waals surface area contributed by atoms with Gasteiger partial charge in [0.1, 0.15) is 5.75 Å². The molecule has 2 N–H and O–H groups in total. The lowest BCUT2D eigenvalue weighted by atomic mass is 9.69. The standard InChI is InChI=1S/C34H47ClN2O4.CH2O2/c1-6-9-26-18-29(35)13-15-30(26)28-21-37(32-19-25(23(2)38)12-16-34(32)41-22-28)20-27-11-14-31(27)33(40-5)10-7-8-17-36(4)24(3)39;2-1-3/h7-8,12-13,15-16,18-19,23,27-28,31,33,38H,6,9-11,14,17,20-22H2,1-5H3;1H,(H,2,3)/b8-7-;. The molecule has 0 bridgehead atoms. The van der Waals surface area contributed by atoms with Crippen molar-refractivity contribution in [1.29, 1.82) is 0 Å². The number of fused-ring (bicyclic) bond motifs is 1. The van der Waals surface area contributed by atoms with Crippen molar-refractivity contribution in [3.8, 4) is 5.75 Å². The maximum Gasteiger partial charge on any atom is 0.290 e. The predicted octanol–water partition coefficient (Wildman–Crippen LogP) is 6.50. The van der Waals surface area contributed by atoms with E-state index in [0.717, 1.165) is 67.2 Å². The summed E-state index contributed by atoms with van der Waals surface area (Å²) in [5.74, 6) is 2.10. The van der Waals surface area contributed by atoms with E-state index < -0.39 is 6.10 Å². The Morgan fingerprint density at radius 2 is 1.98 bits per heavy atom. The van der Waals surface area contributed by atoms with Crippen molar-refractivity contribution < 1.29 is 29.3 Å². The van der Waals surface area contributed by atoms with Gasteiger partial charge in [-0.25, -0.2) is 0 Å². The van der Waals surface area contributed by atoms with Gasteiger partial charge in [0, 0.05) is 51.7 Å². The lowest BCUT2D eigenvalue weighted by Gasteiger charge is -2.44. The third-order valence-electron chi connectivity index (χ3n) is 8.91. The van der Waals surface area contributed by atoms with Crippen molar-refractivity contribution >= 4 is 29.7 Å². The summed E-state index contributed by atoms with van der Waals surface area (Å²) in [6.07, 6.45) is 9.01. The summed E-state index contributed by atoms with van der Waals surface area (Å²) in [6.45, 7) is 8.31. The highest BCUT2D eigenvalue weighted by molar-refractivity contribution is 6.30. The molecule has 242 valence electrons. The van der Waals surface area contributed by atoms with Crippen LogP contribution in [0.25, 0.3) is 0 Å². The number of benzene rings is 2. The van der Waals surface area contributed by atoms with E-state index in [-0.39, 0.29) is 24.4 Å². The van der Waals surface area contributed by atoms with Crippen molar-refractivity contribution in [2.75, 3.05) is 45.3 Å². The maximum absolute atomic E-state index is 11.5. The minimum Gasteiger partial charge on any atom is -0.491 e. The number of carbonyl (C=O) groups is 2. The van der Waals surface area contributed by atoms with E-state index in [4.69, 9.17) is 31.0 Å². The van der Waals surface area contributed by atoms with Crippen LogP contribution in [-0.4, -0.2) is 74.0 Å². The number of carbonyl (C=O) groups excluding carboxylic acids is 1. The molecular weight excluding hydrogens is 580 g/mol. The van der Waals surface area contributed by atoms with E-state index in [1.165, 1.54) is 11.1 Å². The van der Waals surface area contributed by atoms with Crippen LogP contribution in [0, 0.1) is 11.8 Å². The lowest BCUT2D eigenvalue weighted by molar-refractivity contribution is -0.127. The van der Waals surface area contributed by atoms with Crippen LogP contribution in [-0.2, 0) is 20.7 Å². The molecule has 44 heavy (non-hydrogen) atoms. The van der Waals surface area contributed by atoms with Crippen LogP contribution in [0.5, 0.6) is 5.75 Å². The van der Waals surface area contributed by atoms with Crippen LogP contribution in [0.3, 0.4) is 0 Å². The molecule has 1 aliphatic carbocycles. The summed E-state index contributed by atoms with van der Waals surface area (Å²) in [5.41, 5.74) is 4.57. The fourth-order valence-electron chi connectivity index (χ4n) is 6.22. The Balaban J connectivity index is 0.00000169. The number of hydrogen-bond acceptors (Lipinski definition) is 6. The van der Waals surface area contributed by atoms with Gasteiger partial charge < -0.3 is 29.5 Å². The first-order valence-electron chi connectivity index (χ1n) is 15.6. The van der Waals surface area contributed by atoms with E-state index in [0.29, 0.717) is 25.0 Å². The van der Waals surface area contributed by atoms with E-state index in [9.17, 15) is 9.90 Å². The number of halogens is 1. The number of amides is 1. The third kappa shape index (κ3) is 9.46. The van der Waals surface area contributed by atoms with E-state index >= 15 is 0 Å². The number of hydrogen-bond donors (Lipinski definition) is 2. The van der Waals surface area contributed by atoms with Gasteiger partial charge in [0.05, 0.1) is 24.5 Å². The van der Waals surface area contributed by atoms with Crippen molar-refractivity contribution in [3.63, 3.8) is 0 Å². The number of aliphatic hydroxyl groups is 1. The smallest absolute Gasteiger partial charge is 0.290 e. The molecule has 1 aliphatic heterocycles. The molecule has 9 heteroatoms. The molecule has 8 nitrogen and oxygen atoms in total. The zero-order valence-electron chi connectivity index (χ0n) is 26.7. The number of carboxylic acid groups (broad SMARTS) is 1. The number of rotatable bonds is 12. The fraction of sp³-hybridized carbons (Fsp3) is 0.543. The van der Waals surface area contributed by atoms with Crippen molar-refractivity contribution in [2.45, 2.75) is 71.0 Å². The molecule has 5 atom stereocenters. The second-order valence-corrected chi connectivity index (χ2v) is 12.3. The Kier molecular flexibility index (Phi) is 14.0. The Labute approximate surface area is 267 Å². The molecule has 0 spiro atoms. The first kappa shape index (κ1) is 35.4. The molecular formula is C35H49ClN2O6. The van der Waals surface area contributed by atoms with Crippen LogP contribution in [0.4, 0.5) is 5.69 Å². The van der Waals surface area contributed by atoms with Crippen molar-refractivity contribution in [1.82, 2.24) is 4.90 Å². The molecule has 2 aromatic carbocycles. The molecule has 2 aliphatic rings. The molecule has 1 amide bonds. The molecule has 1 heterocycles. The van der Waals surface area contributed by atoms with Gasteiger partial charge >= 0.3 is 0 Å². The Morgan fingerprint density at radius 3 is 2.59 bits per heavy atom. The van der Waals surface area contributed by atoms with E-state index in [2.05, 4.69) is 42.2 Å². The second-order valence-electron chi connectivity index (χ2n) is 11.9. The van der Waals surface area contributed by atoms with Gasteiger partial charge in [-0.05, 0) is 85.4 Å². The van der Waals surface area contributed by atoms with Gasteiger partial charge in [-0.1, -0.05) is 49.2 Å². The van der Waals surface area contributed by atoms with Gasteiger partial charge in [0.15, 0.2) is 0 Å². The second kappa shape index (κ2) is 17.4. The van der Waals surface area contributed by atoms with Gasteiger partial charge in [-0.2, -0.15) is 0 Å². The Hall–Kier alpha value is -3.07. The minimum atomic E-state index is -0.545. The van der Waals surface area contributed by atoms with Gasteiger partial charge in [0.25, 0.3) is 6.47 Å². The van der Waals surface area contributed by atoms with E-state index in [1.807, 2.05) is 39.3 Å². The molecule has 1 saturated carbocycles. The first-order valence-corrected chi connectivity index (χ1v) is 16.0. The predicted molar refractivity (Wildman–Crippen MR) is 176 cm³/mol. The topological polar surface area (TPSA) is 99.5 Å². The van der Waals surface area contributed by atoms with Gasteiger partial charge in [-0.15, -0.1) is 0 Å². The quantitative estimate of drug-likeness (QED) is 0.205. The average Bonchev–Trinajstić information content (AvgIpc) is 3.16. The van der Waals surface area contributed by atoms with Crippen molar-refractivity contribution in [2.24, 2.45) is 11.8 Å². The zero-order chi connectivity index (χ0) is 32.2. The molecule has 0 saturated heterocycles. The zero-order valence-corrected chi connectivity index (χ0v) is 27.5. The normalized spacial score (nSPS) is 20.7. The summed E-state index contributed by atoms with van der Waals surface area (Å²) >= 11 is 6.40. The number of likely N-dealkylation sites (N-methyl/N-ethyl adjacent to an activating group) is 1. The number of nitrogens with zero attached hydrogens (tertiary/aromatic N) is 2. The largest absolute Gasteiger partial charge is 0.491 e. The van der Waals surface area contributed by atoms with Crippen LogP contribution in [0.1, 0.15) is 75.2 Å². The number of aryl methyl sites for hydroxylation is 1. The molecule has 4 rings (SSSR count). The van der Waals surface area contributed by atoms with Crippen LogP contribution >= 0.6 is 11.6 Å². The van der Waals surface area contributed by atoms with Gasteiger partial charge in [-0.3, -0.25) is 9.59 Å². The Morgan fingerprint density at radius 1 is 1.23 bits per heavy atom. The number of anilines is 1. The highest BCUT2D eigenvalue weighted by Crippen LogP contribution is 2.43. The number of methoxy groups -OCH3 is 1. The van der Waals surface area contributed by atoms with Gasteiger partial charge in [0.2, 0.25) is 5.91 Å². The lowest BCUT2D eigenvalue weighted by Crippen LogP contribution is -2.44. The highest BCUT2D eigenvalue weighted by atomic mass is 35.5. The third-order valence-corrected chi connectivity index (χ3v) is 9.15. The summed E-state index contributed by atoms with van der Waals surface area (Å²) in [7, 11) is 3.63. The Bertz CT molecular complexity index is 1250. The number of ether oxygens (including phenoxy) is 2. The summed E-state index contributed by atoms with van der Waals surface area (Å²) in [4.78, 5) is 24.1. The van der Waals surface area contributed by atoms with Crippen molar-refractivity contribution in [3.05, 3.63) is 70.3 Å². The minimum absolute atomic E-state index is 0.0659. The maximum atomic E-state index is 11.5. The molecule has 5 unspecified atom stereocenters. The summed E-state index contributed by atoms with van der Waals surface area (Å²) in [6, 6.07) is 12.4. The molecule has 2 aromatic rings. The SMILES string of the molecule is CCCc1cc(Cl)ccc1C1COc2ccc(C(C)O)cc2N(CC2CCC2C(C/C=C\CN(C)C(C)=O)OC)C1.O=CO. The molecule has 0 radical (unpaired) electrons.